The quantitative estimate of drug-likeness (QED) is 0.0655. The molecule has 0 radical (unpaired) electrons. The van der Waals surface area contributed by atoms with Gasteiger partial charge in [0.1, 0.15) is 13.2 Å². The van der Waals surface area contributed by atoms with Gasteiger partial charge in [-0.2, -0.15) is 0 Å². The van der Waals surface area contributed by atoms with E-state index in [1.54, 1.807) is 12.1 Å². The Hall–Kier alpha value is -4.30. The molecule has 4 aromatic rings. The molecule has 0 spiro atoms. The Labute approximate surface area is 302 Å². The summed E-state index contributed by atoms with van der Waals surface area (Å²) in [5.41, 5.74) is 4.26. The first-order valence-corrected chi connectivity index (χ1v) is 20.2. The summed E-state index contributed by atoms with van der Waals surface area (Å²) in [5, 5.41) is 0.455. The number of carbonyl (C=O) groups is 3. The second-order valence-corrected chi connectivity index (χ2v) is 19.2. The van der Waals surface area contributed by atoms with Crippen molar-refractivity contribution in [3.63, 3.8) is 0 Å². The van der Waals surface area contributed by atoms with Crippen molar-refractivity contribution in [2.75, 3.05) is 0 Å². The normalized spacial score (nSPS) is 13.1. The van der Waals surface area contributed by atoms with Gasteiger partial charge < -0.3 is 13.9 Å². The minimum atomic E-state index is -2.36. The number of carbonyl (C=O) groups excluding carboxylic acids is 3. The van der Waals surface area contributed by atoms with Crippen molar-refractivity contribution in [2.24, 2.45) is 5.92 Å². The van der Waals surface area contributed by atoms with Crippen molar-refractivity contribution < 1.29 is 28.3 Å². The van der Waals surface area contributed by atoms with Crippen LogP contribution in [-0.2, 0) is 54.3 Å². The number of esters is 2. The zero-order chi connectivity index (χ0) is 36.1. The summed E-state index contributed by atoms with van der Waals surface area (Å²) in [7, 11) is -2.36. The van der Waals surface area contributed by atoms with Crippen LogP contribution in [0.2, 0.25) is 23.2 Å². The lowest BCUT2D eigenvalue weighted by atomic mass is 9.91. The molecule has 0 saturated carbocycles. The number of ketones is 1. The van der Waals surface area contributed by atoms with Gasteiger partial charge in [-0.3, -0.25) is 14.4 Å². The zero-order valence-electron chi connectivity index (χ0n) is 29.6. The third kappa shape index (κ3) is 12.2. The first-order valence-electron chi connectivity index (χ1n) is 16.9. The van der Waals surface area contributed by atoms with Gasteiger partial charge in [-0.25, -0.2) is 0 Å². The average Bonchev–Trinajstić information content (AvgIpc) is 3.08. The highest BCUT2D eigenvalue weighted by Gasteiger charge is 2.41. The van der Waals surface area contributed by atoms with Crippen LogP contribution in [0.4, 0.5) is 0 Å². The molecule has 0 amide bonds. The first-order chi connectivity index (χ1) is 23.8. The van der Waals surface area contributed by atoms with Gasteiger partial charge in [0.2, 0.25) is 0 Å². The maximum atomic E-state index is 13.3. The number of halogens is 1. The predicted octanol–water partition coefficient (Wildman–Crippen LogP) is 9.81. The SMILES string of the molecule is CC(C)(C)[Si](C)(C)O[C@H](c1cccc(Cl)c1)[C@@H](/C=C/C(=O)Cc1ccc(CC(=O)OCc2ccccc2)cc1)CC(=O)OCc1ccccc1. The van der Waals surface area contributed by atoms with Crippen LogP contribution >= 0.6 is 11.6 Å². The molecule has 0 bridgehead atoms. The Kier molecular flexibility index (Phi) is 13.9. The zero-order valence-corrected chi connectivity index (χ0v) is 31.3. The van der Waals surface area contributed by atoms with Crippen LogP contribution in [0.5, 0.6) is 0 Å². The third-order valence-corrected chi connectivity index (χ3v) is 13.7. The summed E-state index contributed by atoms with van der Waals surface area (Å²) >= 11 is 6.44. The first kappa shape index (κ1) is 38.5. The van der Waals surface area contributed by atoms with Crippen molar-refractivity contribution in [3.05, 3.63) is 154 Å². The Balaban J connectivity index is 1.49. The van der Waals surface area contributed by atoms with E-state index in [0.29, 0.717) is 5.02 Å². The molecular weight excluding hydrogens is 664 g/mol. The van der Waals surface area contributed by atoms with Gasteiger partial charge in [-0.1, -0.05) is 136 Å². The molecule has 4 aromatic carbocycles. The van der Waals surface area contributed by atoms with E-state index in [1.165, 1.54) is 6.08 Å². The number of hydrogen-bond donors (Lipinski definition) is 0. The number of ether oxygens (including phenoxy) is 2. The van der Waals surface area contributed by atoms with Gasteiger partial charge in [0.05, 0.1) is 18.9 Å². The lowest BCUT2D eigenvalue weighted by molar-refractivity contribution is -0.146. The van der Waals surface area contributed by atoms with Crippen molar-refractivity contribution in [3.8, 4) is 0 Å². The minimum absolute atomic E-state index is 0.0114. The highest BCUT2D eigenvalue weighted by molar-refractivity contribution is 6.74. The van der Waals surface area contributed by atoms with E-state index in [-0.39, 0.29) is 55.2 Å². The molecule has 0 saturated heterocycles. The van der Waals surface area contributed by atoms with Crippen molar-refractivity contribution in [1.82, 2.24) is 0 Å². The van der Waals surface area contributed by atoms with E-state index in [4.69, 9.17) is 25.5 Å². The topological polar surface area (TPSA) is 78.9 Å². The number of rotatable bonds is 16. The lowest BCUT2D eigenvalue weighted by Gasteiger charge is -2.41. The molecule has 8 heteroatoms. The lowest BCUT2D eigenvalue weighted by Crippen LogP contribution is -2.43. The van der Waals surface area contributed by atoms with Crippen molar-refractivity contribution >= 4 is 37.6 Å². The fraction of sp³-hybridized carbons (Fsp3) is 0.310. The molecule has 0 aliphatic carbocycles. The van der Waals surface area contributed by atoms with Crippen LogP contribution in [0.3, 0.4) is 0 Å². The molecular formula is C42H47ClO6Si. The van der Waals surface area contributed by atoms with E-state index in [1.807, 2.05) is 103 Å². The summed E-state index contributed by atoms with van der Waals surface area (Å²) in [6.07, 6.45) is 3.09. The van der Waals surface area contributed by atoms with Crippen LogP contribution in [0.25, 0.3) is 0 Å². The fourth-order valence-corrected chi connectivity index (χ4v) is 6.57. The van der Waals surface area contributed by atoms with E-state index in [9.17, 15) is 14.4 Å². The maximum Gasteiger partial charge on any atom is 0.310 e. The second-order valence-electron chi connectivity index (χ2n) is 14.0. The highest BCUT2D eigenvalue weighted by atomic mass is 35.5. The molecule has 0 unspecified atom stereocenters. The summed E-state index contributed by atoms with van der Waals surface area (Å²) < 4.78 is 18.1. The molecule has 0 aliphatic rings. The van der Waals surface area contributed by atoms with Crippen LogP contribution < -0.4 is 0 Å². The Morgan fingerprint density at radius 1 is 0.700 bits per heavy atom. The van der Waals surface area contributed by atoms with Crippen LogP contribution in [0, 0.1) is 5.92 Å². The van der Waals surface area contributed by atoms with Gasteiger partial charge in [0.15, 0.2) is 14.1 Å². The summed E-state index contributed by atoms with van der Waals surface area (Å²) in [6.45, 7) is 11.2. The minimum Gasteiger partial charge on any atom is -0.461 e. The maximum absolute atomic E-state index is 13.3. The molecule has 2 atom stereocenters. The van der Waals surface area contributed by atoms with E-state index in [0.717, 1.165) is 27.8 Å². The van der Waals surface area contributed by atoms with Crippen molar-refractivity contribution in [2.45, 2.75) is 77.5 Å². The summed E-state index contributed by atoms with van der Waals surface area (Å²) in [6, 6.07) is 33.9. The Morgan fingerprint density at radius 3 is 1.78 bits per heavy atom. The van der Waals surface area contributed by atoms with Crippen LogP contribution in [-0.4, -0.2) is 26.0 Å². The number of hydrogen-bond acceptors (Lipinski definition) is 6. The standard InChI is InChI=1S/C42H47ClO6Si/c1-42(2,3)50(4,5)49-41(35-17-12-18-37(43)27-35)36(28-40(46)48-30-34-15-10-7-11-16-34)23-24-38(44)25-31-19-21-32(22-20-31)26-39(45)47-29-33-13-8-6-9-14-33/h6-24,27,36,41H,25-26,28-30H2,1-5H3/b24-23+/t36-,41+/m0/s1. The molecule has 6 nitrogen and oxygen atoms in total. The summed E-state index contributed by atoms with van der Waals surface area (Å²) in [5.74, 6) is -1.33. The number of allylic oxidation sites excluding steroid dienone is 1. The molecule has 0 fully saturated rings. The molecule has 0 N–H and O–H groups in total. The molecule has 50 heavy (non-hydrogen) atoms. The van der Waals surface area contributed by atoms with Crippen LogP contribution in [0.1, 0.15) is 61.1 Å². The van der Waals surface area contributed by atoms with Crippen LogP contribution in [0.15, 0.2) is 121 Å². The third-order valence-electron chi connectivity index (χ3n) is 8.96. The molecule has 262 valence electrons. The van der Waals surface area contributed by atoms with Gasteiger partial charge in [-0.05, 0) is 64.2 Å². The second kappa shape index (κ2) is 18.1. The predicted molar refractivity (Wildman–Crippen MR) is 201 cm³/mol. The van der Waals surface area contributed by atoms with E-state index in [2.05, 4.69) is 33.9 Å². The Bertz CT molecular complexity index is 1730. The van der Waals surface area contributed by atoms with Gasteiger partial charge in [0.25, 0.3) is 0 Å². The molecule has 0 heterocycles. The molecule has 0 aromatic heterocycles. The van der Waals surface area contributed by atoms with E-state index >= 15 is 0 Å². The average molecular weight is 711 g/mol. The fourth-order valence-electron chi connectivity index (χ4n) is 5.07. The van der Waals surface area contributed by atoms with Gasteiger partial charge >= 0.3 is 11.9 Å². The monoisotopic (exact) mass is 710 g/mol. The van der Waals surface area contributed by atoms with Gasteiger partial charge in [0, 0.05) is 17.4 Å². The number of benzene rings is 4. The smallest absolute Gasteiger partial charge is 0.310 e. The highest BCUT2D eigenvalue weighted by Crippen LogP contribution is 2.43. The van der Waals surface area contributed by atoms with E-state index < -0.39 is 20.3 Å². The van der Waals surface area contributed by atoms with Crippen molar-refractivity contribution in [1.29, 1.82) is 0 Å². The molecule has 0 aliphatic heterocycles. The Morgan fingerprint density at radius 2 is 1.24 bits per heavy atom. The largest absolute Gasteiger partial charge is 0.461 e. The molecule has 4 rings (SSSR count). The van der Waals surface area contributed by atoms with Gasteiger partial charge in [-0.15, -0.1) is 0 Å². The summed E-state index contributed by atoms with van der Waals surface area (Å²) in [4.78, 5) is 39.0.